The maximum absolute atomic E-state index is 13.2. The highest BCUT2D eigenvalue weighted by Crippen LogP contribution is 2.21. The highest BCUT2D eigenvalue weighted by Gasteiger charge is 2.32. The molecule has 0 radical (unpaired) electrons. The number of halogens is 1. The normalized spacial score (nSPS) is 18.9. The molecule has 0 spiro atoms. The van der Waals surface area contributed by atoms with E-state index < -0.39 is 0 Å². The van der Waals surface area contributed by atoms with Crippen LogP contribution >= 0.6 is 0 Å². The Morgan fingerprint density at radius 2 is 1.85 bits per heavy atom. The van der Waals surface area contributed by atoms with E-state index in [1.165, 1.54) is 12.1 Å². The fourth-order valence-corrected chi connectivity index (χ4v) is 3.33. The molecule has 1 aliphatic rings. The van der Waals surface area contributed by atoms with Crippen molar-refractivity contribution in [1.29, 1.82) is 0 Å². The second-order valence-corrected chi connectivity index (χ2v) is 8.04. The van der Waals surface area contributed by atoms with E-state index >= 15 is 0 Å². The molecule has 2 amide bonds. The highest BCUT2D eigenvalue weighted by molar-refractivity contribution is 5.79. The zero-order chi connectivity index (χ0) is 20.1. The van der Waals surface area contributed by atoms with Crippen LogP contribution in [0.25, 0.3) is 0 Å². The molecular formula is C21H32FN3O2. The van der Waals surface area contributed by atoms with Crippen LogP contribution in [-0.4, -0.2) is 65.3 Å². The summed E-state index contributed by atoms with van der Waals surface area (Å²) in [7, 11) is 1.82. The lowest BCUT2D eigenvalue weighted by molar-refractivity contribution is -0.134. The molecule has 27 heavy (non-hydrogen) atoms. The molecule has 6 heteroatoms. The summed E-state index contributed by atoms with van der Waals surface area (Å²) >= 11 is 0. The quantitative estimate of drug-likeness (QED) is 0.766. The van der Waals surface area contributed by atoms with Crippen molar-refractivity contribution in [2.24, 2.45) is 5.92 Å². The van der Waals surface area contributed by atoms with Crippen LogP contribution in [-0.2, 0) is 16.1 Å². The van der Waals surface area contributed by atoms with Gasteiger partial charge in [0.15, 0.2) is 0 Å². The number of carbonyl (C=O) groups excluding carboxylic acids is 2. The monoisotopic (exact) mass is 377 g/mol. The molecule has 0 unspecified atom stereocenters. The second-order valence-electron chi connectivity index (χ2n) is 8.04. The zero-order valence-corrected chi connectivity index (χ0v) is 17.1. The van der Waals surface area contributed by atoms with E-state index in [0.717, 1.165) is 5.56 Å². The van der Waals surface area contributed by atoms with Gasteiger partial charge in [0, 0.05) is 45.2 Å². The first-order chi connectivity index (χ1) is 12.7. The molecule has 1 aromatic carbocycles. The average Bonchev–Trinajstić information content (AvgIpc) is 2.76. The van der Waals surface area contributed by atoms with Gasteiger partial charge in [0.1, 0.15) is 5.82 Å². The van der Waals surface area contributed by atoms with Crippen molar-refractivity contribution in [1.82, 2.24) is 14.7 Å². The van der Waals surface area contributed by atoms with Crippen LogP contribution in [0.3, 0.4) is 0 Å². The molecular weight excluding hydrogens is 345 g/mol. The largest absolute Gasteiger partial charge is 0.342 e. The summed E-state index contributed by atoms with van der Waals surface area (Å²) in [5.74, 6) is 0.144. The van der Waals surface area contributed by atoms with E-state index in [4.69, 9.17) is 0 Å². The summed E-state index contributed by atoms with van der Waals surface area (Å²) in [4.78, 5) is 31.0. The topological polar surface area (TPSA) is 43.9 Å². The number of hydrogen-bond donors (Lipinski definition) is 0. The Morgan fingerprint density at radius 3 is 2.41 bits per heavy atom. The Bertz CT molecular complexity index is 645. The molecule has 150 valence electrons. The lowest BCUT2D eigenvalue weighted by atomic mass is 10.0. The van der Waals surface area contributed by atoms with E-state index in [-0.39, 0.29) is 35.6 Å². The number of amides is 2. The lowest BCUT2D eigenvalue weighted by Gasteiger charge is -2.35. The van der Waals surface area contributed by atoms with Gasteiger partial charge in [0.25, 0.3) is 0 Å². The molecule has 1 atom stereocenters. The summed E-state index contributed by atoms with van der Waals surface area (Å²) in [5, 5.41) is 0. The van der Waals surface area contributed by atoms with Gasteiger partial charge in [-0.15, -0.1) is 0 Å². The Morgan fingerprint density at radius 1 is 1.22 bits per heavy atom. The van der Waals surface area contributed by atoms with Crippen LogP contribution in [0.1, 0.15) is 39.7 Å². The Hall–Kier alpha value is -1.95. The zero-order valence-electron chi connectivity index (χ0n) is 17.1. The van der Waals surface area contributed by atoms with Crippen LogP contribution in [0, 0.1) is 11.7 Å². The highest BCUT2D eigenvalue weighted by atomic mass is 19.1. The number of benzene rings is 1. The second kappa shape index (κ2) is 9.31. The van der Waals surface area contributed by atoms with Gasteiger partial charge in [-0.25, -0.2) is 4.39 Å². The third-order valence-corrected chi connectivity index (χ3v) is 5.37. The van der Waals surface area contributed by atoms with E-state index in [0.29, 0.717) is 32.6 Å². The van der Waals surface area contributed by atoms with Gasteiger partial charge in [-0.3, -0.25) is 14.5 Å². The summed E-state index contributed by atoms with van der Waals surface area (Å²) in [6.45, 7) is 10.2. The maximum Gasteiger partial charge on any atom is 0.236 e. The number of carbonyl (C=O) groups is 2. The van der Waals surface area contributed by atoms with Crippen molar-refractivity contribution in [2.75, 3.05) is 26.7 Å². The van der Waals surface area contributed by atoms with Crippen molar-refractivity contribution < 1.29 is 14.0 Å². The summed E-state index contributed by atoms with van der Waals surface area (Å²) in [6.07, 6.45) is 0.392. The summed E-state index contributed by atoms with van der Waals surface area (Å²) < 4.78 is 13.2. The van der Waals surface area contributed by atoms with Gasteiger partial charge in [0.2, 0.25) is 11.8 Å². The summed E-state index contributed by atoms with van der Waals surface area (Å²) in [6, 6.07) is 6.47. The summed E-state index contributed by atoms with van der Waals surface area (Å²) in [5.41, 5.74) is 0.916. The fraction of sp³-hybridized carbons (Fsp3) is 0.619. The predicted molar refractivity (Wildman–Crippen MR) is 105 cm³/mol. The average molecular weight is 378 g/mol. The number of rotatable bonds is 6. The standard InChI is InChI=1S/C21H32FN3O2/c1-15(2)19-13-24(14-21(27)23(5)16(3)4)11-10-20(26)25(19)12-17-6-8-18(22)9-7-17/h6-9,15-16,19H,10-14H2,1-5H3/t19-/m1/s1. The minimum atomic E-state index is -0.277. The van der Waals surface area contributed by atoms with Gasteiger partial charge in [-0.1, -0.05) is 26.0 Å². The third-order valence-electron chi connectivity index (χ3n) is 5.37. The Labute approximate surface area is 162 Å². The molecule has 5 nitrogen and oxygen atoms in total. The van der Waals surface area contributed by atoms with Gasteiger partial charge in [-0.05, 0) is 37.5 Å². The van der Waals surface area contributed by atoms with Crippen molar-refractivity contribution in [3.8, 4) is 0 Å². The molecule has 0 aromatic heterocycles. The molecule has 1 aromatic rings. The number of hydrogen-bond acceptors (Lipinski definition) is 3. The van der Waals surface area contributed by atoms with Crippen LogP contribution < -0.4 is 0 Å². The van der Waals surface area contributed by atoms with Crippen molar-refractivity contribution in [2.45, 2.75) is 52.7 Å². The van der Waals surface area contributed by atoms with Gasteiger partial charge in [-0.2, -0.15) is 0 Å². The van der Waals surface area contributed by atoms with Crippen molar-refractivity contribution in [3.05, 3.63) is 35.6 Å². The van der Waals surface area contributed by atoms with Gasteiger partial charge < -0.3 is 9.80 Å². The first kappa shape index (κ1) is 21.4. The molecule has 1 saturated heterocycles. The number of likely N-dealkylation sites (N-methyl/N-ethyl adjacent to an activating group) is 1. The van der Waals surface area contributed by atoms with E-state index in [1.54, 1.807) is 17.0 Å². The van der Waals surface area contributed by atoms with Crippen molar-refractivity contribution in [3.63, 3.8) is 0 Å². The smallest absolute Gasteiger partial charge is 0.236 e. The molecule has 2 rings (SSSR count). The molecule has 1 heterocycles. The molecule has 0 N–H and O–H groups in total. The van der Waals surface area contributed by atoms with E-state index in [2.05, 4.69) is 18.7 Å². The first-order valence-electron chi connectivity index (χ1n) is 9.71. The van der Waals surface area contributed by atoms with Crippen molar-refractivity contribution >= 4 is 11.8 Å². The lowest BCUT2D eigenvalue weighted by Crippen LogP contribution is -2.48. The van der Waals surface area contributed by atoms with Gasteiger partial charge in [0.05, 0.1) is 6.54 Å². The Kier molecular flexibility index (Phi) is 7.36. The predicted octanol–water partition coefficient (Wildman–Crippen LogP) is 2.75. The molecule has 1 fully saturated rings. The Balaban J connectivity index is 2.13. The molecule has 0 bridgehead atoms. The fourth-order valence-electron chi connectivity index (χ4n) is 3.33. The SMILES string of the molecule is CC(C)[C@H]1CN(CC(=O)N(C)C(C)C)CCC(=O)N1Cc1ccc(F)cc1. The minimum Gasteiger partial charge on any atom is -0.342 e. The third kappa shape index (κ3) is 5.76. The van der Waals surface area contributed by atoms with Crippen LogP contribution in [0.15, 0.2) is 24.3 Å². The minimum absolute atomic E-state index is 0.0159. The van der Waals surface area contributed by atoms with Gasteiger partial charge >= 0.3 is 0 Å². The van der Waals surface area contributed by atoms with Crippen LogP contribution in [0.2, 0.25) is 0 Å². The molecule has 0 saturated carbocycles. The molecule has 0 aliphatic carbocycles. The van der Waals surface area contributed by atoms with Crippen LogP contribution in [0.4, 0.5) is 4.39 Å². The first-order valence-corrected chi connectivity index (χ1v) is 9.71. The van der Waals surface area contributed by atoms with E-state index in [9.17, 15) is 14.0 Å². The molecule has 1 aliphatic heterocycles. The number of nitrogens with zero attached hydrogens (tertiary/aromatic N) is 3. The maximum atomic E-state index is 13.2. The van der Waals surface area contributed by atoms with E-state index in [1.807, 2.05) is 25.8 Å². The van der Waals surface area contributed by atoms with Crippen LogP contribution in [0.5, 0.6) is 0 Å².